The molecule has 1 fully saturated rings. The third kappa shape index (κ3) is 1.13. The van der Waals surface area contributed by atoms with Crippen molar-refractivity contribution in [2.24, 2.45) is 0 Å². The molecule has 1 saturated carbocycles. The first-order chi connectivity index (χ1) is 3.72. The molecule has 3 heteroatoms. The van der Waals surface area contributed by atoms with Crippen LogP contribution in [0, 0.1) is 5.41 Å². The van der Waals surface area contributed by atoms with Gasteiger partial charge in [-0.3, -0.25) is 5.41 Å². The summed E-state index contributed by atoms with van der Waals surface area (Å²) in [5.74, 6) is 0. The standard InChI is InChI=1S/C5H9ClN2/c1-8(5(6)7)4-2-3-4/h4,7H,2-3H2,1H3. The Morgan fingerprint density at radius 3 is 2.38 bits per heavy atom. The fourth-order valence-corrected chi connectivity index (χ4v) is 0.760. The first-order valence-corrected chi connectivity index (χ1v) is 3.06. The first kappa shape index (κ1) is 5.89. The monoisotopic (exact) mass is 132 g/mol. The molecule has 1 aliphatic carbocycles. The third-order valence-electron chi connectivity index (χ3n) is 1.40. The molecule has 1 rings (SSSR count). The second kappa shape index (κ2) is 1.94. The molecule has 0 amide bonds. The first-order valence-electron chi connectivity index (χ1n) is 2.68. The summed E-state index contributed by atoms with van der Waals surface area (Å²) < 4.78 is 0. The number of rotatable bonds is 1. The minimum atomic E-state index is 0.160. The lowest BCUT2D eigenvalue weighted by molar-refractivity contribution is 0.502. The number of amidine groups is 1. The van der Waals surface area contributed by atoms with Crippen molar-refractivity contribution in [3.05, 3.63) is 0 Å². The molecule has 0 aliphatic heterocycles. The van der Waals surface area contributed by atoms with Gasteiger partial charge in [-0.2, -0.15) is 0 Å². The van der Waals surface area contributed by atoms with E-state index in [0.717, 1.165) is 0 Å². The van der Waals surface area contributed by atoms with E-state index in [4.69, 9.17) is 17.0 Å². The molecule has 8 heavy (non-hydrogen) atoms. The second-order valence-corrected chi connectivity index (χ2v) is 2.49. The predicted molar refractivity (Wildman–Crippen MR) is 34.4 cm³/mol. The summed E-state index contributed by atoms with van der Waals surface area (Å²) in [6.45, 7) is 0. The van der Waals surface area contributed by atoms with E-state index in [1.165, 1.54) is 12.8 Å². The predicted octanol–water partition coefficient (Wildman–Crippen LogP) is 1.25. The van der Waals surface area contributed by atoms with Crippen molar-refractivity contribution in [1.82, 2.24) is 4.90 Å². The van der Waals surface area contributed by atoms with E-state index in [1.807, 2.05) is 7.05 Å². The smallest absolute Gasteiger partial charge is 0.191 e. The Labute approximate surface area is 53.9 Å². The van der Waals surface area contributed by atoms with Gasteiger partial charge in [0.15, 0.2) is 5.29 Å². The highest BCUT2D eigenvalue weighted by Crippen LogP contribution is 2.25. The van der Waals surface area contributed by atoms with E-state index in [-0.39, 0.29) is 5.29 Å². The maximum Gasteiger partial charge on any atom is 0.191 e. The van der Waals surface area contributed by atoms with Crippen LogP contribution in [-0.4, -0.2) is 23.3 Å². The van der Waals surface area contributed by atoms with Crippen molar-refractivity contribution in [3.8, 4) is 0 Å². The van der Waals surface area contributed by atoms with Gasteiger partial charge in [0.1, 0.15) is 0 Å². The lowest BCUT2D eigenvalue weighted by Gasteiger charge is -2.12. The highest BCUT2D eigenvalue weighted by Gasteiger charge is 2.26. The van der Waals surface area contributed by atoms with Gasteiger partial charge in [-0.15, -0.1) is 0 Å². The van der Waals surface area contributed by atoms with Gasteiger partial charge >= 0.3 is 0 Å². The van der Waals surface area contributed by atoms with Gasteiger partial charge in [0.05, 0.1) is 0 Å². The van der Waals surface area contributed by atoms with Crippen molar-refractivity contribution >= 4 is 16.9 Å². The molecule has 0 aromatic heterocycles. The van der Waals surface area contributed by atoms with Crippen LogP contribution in [0.1, 0.15) is 12.8 Å². The molecule has 0 heterocycles. The molecular formula is C5H9ClN2. The van der Waals surface area contributed by atoms with E-state index in [9.17, 15) is 0 Å². The fraction of sp³-hybridized carbons (Fsp3) is 0.800. The summed E-state index contributed by atoms with van der Waals surface area (Å²) in [6.07, 6.45) is 2.40. The van der Waals surface area contributed by atoms with Crippen molar-refractivity contribution in [2.45, 2.75) is 18.9 Å². The zero-order valence-corrected chi connectivity index (χ0v) is 5.57. The van der Waals surface area contributed by atoms with Gasteiger partial charge in [-0.25, -0.2) is 0 Å². The van der Waals surface area contributed by atoms with Gasteiger partial charge in [-0.05, 0) is 24.4 Å². The quantitative estimate of drug-likeness (QED) is 0.325. The molecule has 0 aromatic carbocycles. The third-order valence-corrected chi connectivity index (χ3v) is 1.67. The molecule has 0 aromatic rings. The topological polar surface area (TPSA) is 27.1 Å². The zero-order chi connectivity index (χ0) is 6.15. The molecule has 1 N–H and O–H groups in total. The van der Waals surface area contributed by atoms with Crippen LogP contribution in [0.15, 0.2) is 0 Å². The van der Waals surface area contributed by atoms with Gasteiger partial charge < -0.3 is 4.90 Å². The number of nitrogens with one attached hydrogen (secondary N) is 1. The summed E-state index contributed by atoms with van der Waals surface area (Å²) in [5.41, 5.74) is 0. The van der Waals surface area contributed by atoms with Crippen LogP contribution in [0.4, 0.5) is 0 Å². The minimum absolute atomic E-state index is 0.160. The molecule has 0 radical (unpaired) electrons. The highest BCUT2D eigenvalue weighted by molar-refractivity contribution is 6.63. The molecule has 46 valence electrons. The van der Waals surface area contributed by atoms with Crippen LogP contribution in [0.2, 0.25) is 0 Å². The summed E-state index contributed by atoms with van der Waals surface area (Å²) in [6, 6.07) is 0.569. The molecule has 0 unspecified atom stereocenters. The van der Waals surface area contributed by atoms with Gasteiger partial charge in [0.2, 0.25) is 0 Å². The number of halogens is 1. The zero-order valence-electron chi connectivity index (χ0n) is 4.82. The molecular weight excluding hydrogens is 124 g/mol. The lowest BCUT2D eigenvalue weighted by Crippen LogP contribution is -2.23. The number of nitrogens with zero attached hydrogens (tertiary/aromatic N) is 1. The average molecular weight is 133 g/mol. The maximum absolute atomic E-state index is 6.96. The Bertz CT molecular complexity index is 109. The van der Waals surface area contributed by atoms with Crippen LogP contribution in [-0.2, 0) is 0 Å². The van der Waals surface area contributed by atoms with Crippen molar-refractivity contribution < 1.29 is 0 Å². The summed E-state index contributed by atoms with van der Waals surface area (Å²) in [7, 11) is 1.85. The molecule has 2 nitrogen and oxygen atoms in total. The Morgan fingerprint density at radius 2 is 2.25 bits per heavy atom. The Kier molecular flexibility index (Phi) is 1.43. The van der Waals surface area contributed by atoms with Gasteiger partial charge in [0, 0.05) is 13.1 Å². The SMILES string of the molecule is CN(C(=N)Cl)C1CC1. The van der Waals surface area contributed by atoms with Crippen molar-refractivity contribution in [1.29, 1.82) is 5.41 Å². The van der Waals surface area contributed by atoms with Crippen LogP contribution in [0.5, 0.6) is 0 Å². The molecule has 1 aliphatic rings. The van der Waals surface area contributed by atoms with E-state index >= 15 is 0 Å². The largest absolute Gasteiger partial charge is 0.348 e. The summed E-state index contributed by atoms with van der Waals surface area (Å²) in [5, 5.41) is 7.12. The Balaban J connectivity index is 2.32. The van der Waals surface area contributed by atoms with E-state index in [1.54, 1.807) is 4.90 Å². The normalized spacial score (nSPS) is 18.2. The van der Waals surface area contributed by atoms with E-state index in [0.29, 0.717) is 6.04 Å². The summed E-state index contributed by atoms with van der Waals surface area (Å²) in [4.78, 5) is 1.79. The Hall–Kier alpha value is -0.240. The van der Waals surface area contributed by atoms with Crippen LogP contribution >= 0.6 is 11.6 Å². The second-order valence-electron chi connectivity index (χ2n) is 2.13. The molecule has 0 spiro atoms. The van der Waals surface area contributed by atoms with E-state index < -0.39 is 0 Å². The van der Waals surface area contributed by atoms with Crippen LogP contribution in [0.3, 0.4) is 0 Å². The fourth-order valence-electron chi connectivity index (χ4n) is 0.622. The van der Waals surface area contributed by atoms with Crippen molar-refractivity contribution in [2.75, 3.05) is 7.05 Å². The molecule has 0 saturated heterocycles. The molecule has 0 bridgehead atoms. The van der Waals surface area contributed by atoms with E-state index in [2.05, 4.69) is 0 Å². The lowest BCUT2D eigenvalue weighted by atomic mass is 10.6. The number of hydrogen-bond acceptors (Lipinski definition) is 1. The maximum atomic E-state index is 6.96. The average Bonchev–Trinajstić information content (AvgIpc) is 2.43. The summed E-state index contributed by atoms with van der Waals surface area (Å²) >= 11 is 5.37. The minimum Gasteiger partial charge on any atom is -0.348 e. The van der Waals surface area contributed by atoms with Crippen LogP contribution < -0.4 is 0 Å². The van der Waals surface area contributed by atoms with Gasteiger partial charge in [-0.1, -0.05) is 0 Å². The van der Waals surface area contributed by atoms with Crippen molar-refractivity contribution in [3.63, 3.8) is 0 Å². The van der Waals surface area contributed by atoms with Crippen LogP contribution in [0.25, 0.3) is 0 Å². The highest BCUT2D eigenvalue weighted by atomic mass is 35.5. The number of hydrogen-bond donors (Lipinski definition) is 1. The Morgan fingerprint density at radius 1 is 1.75 bits per heavy atom. The molecule has 0 atom stereocenters. The van der Waals surface area contributed by atoms with Gasteiger partial charge in [0.25, 0.3) is 0 Å².